The molecule has 0 bridgehead atoms. The van der Waals surface area contributed by atoms with E-state index < -0.39 is 0 Å². The number of aromatic nitrogens is 1. The highest BCUT2D eigenvalue weighted by molar-refractivity contribution is 7.13. The highest BCUT2D eigenvalue weighted by Gasteiger charge is 2.10. The Balaban J connectivity index is 1.82. The molecule has 1 heterocycles. The van der Waals surface area contributed by atoms with Gasteiger partial charge in [0.15, 0.2) is 5.13 Å². The van der Waals surface area contributed by atoms with Crippen LogP contribution in [0.2, 0.25) is 0 Å². The van der Waals surface area contributed by atoms with Crippen LogP contribution in [0.3, 0.4) is 0 Å². The molecule has 2 rings (SSSR count). The van der Waals surface area contributed by atoms with Crippen LogP contribution in [-0.2, 0) is 27.2 Å². The van der Waals surface area contributed by atoms with Gasteiger partial charge in [0.1, 0.15) is 5.75 Å². The second-order valence-electron chi connectivity index (χ2n) is 5.03. The fourth-order valence-corrected chi connectivity index (χ4v) is 2.80. The minimum atomic E-state index is -0.321. The Bertz CT molecular complexity index is 699. The zero-order chi connectivity index (χ0) is 17.4. The monoisotopic (exact) mass is 348 g/mol. The summed E-state index contributed by atoms with van der Waals surface area (Å²) in [5.74, 6) is 0.338. The molecule has 0 fully saturated rings. The molecular formula is C17H20N2O4S. The highest BCUT2D eigenvalue weighted by atomic mass is 32.1. The maximum Gasteiger partial charge on any atom is 0.311 e. The van der Waals surface area contributed by atoms with E-state index in [-0.39, 0.29) is 18.3 Å². The summed E-state index contributed by atoms with van der Waals surface area (Å²) in [7, 11) is 1.61. The van der Waals surface area contributed by atoms with Crippen molar-refractivity contribution in [1.29, 1.82) is 0 Å². The number of hydrogen-bond acceptors (Lipinski definition) is 6. The number of nitrogens with zero attached hydrogens (tertiary/aromatic N) is 1. The lowest BCUT2D eigenvalue weighted by Gasteiger charge is -2.04. The first-order valence-corrected chi connectivity index (χ1v) is 8.51. The van der Waals surface area contributed by atoms with Crippen molar-refractivity contribution in [3.8, 4) is 5.75 Å². The number of methoxy groups -OCH3 is 1. The smallest absolute Gasteiger partial charge is 0.311 e. The predicted molar refractivity (Wildman–Crippen MR) is 92.4 cm³/mol. The Kier molecular flexibility index (Phi) is 6.74. The van der Waals surface area contributed by atoms with Crippen LogP contribution in [0.4, 0.5) is 5.13 Å². The van der Waals surface area contributed by atoms with Gasteiger partial charge in [-0.25, -0.2) is 4.98 Å². The molecule has 0 radical (unpaired) electrons. The summed E-state index contributed by atoms with van der Waals surface area (Å²) >= 11 is 1.29. The highest BCUT2D eigenvalue weighted by Crippen LogP contribution is 2.17. The zero-order valence-electron chi connectivity index (χ0n) is 13.7. The molecule has 0 aliphatic rings. The molecule has 0 saturated heterocycles. The molecule has 128 valence electrons. The summed E-state index contributed by atoms with van der Waals surface area (Å²) in [6, 6.07) is 7.63. The van der Waals surface area contributed by atoms with Gasteiger partial charge in [-0.3, -0.25) is 9.59 Å². The standard InChI is InChI=1S/C17H20N2O4S/c1-3-23-16(21)10-13-11-24-17(18-13)19-15(20)8-7-12-5-4-6-14(9-12)22-2/h4-6,9,11H,3,7-8,10H2,1-2H3,(H,18,19,20). The normalized spacial score (nSPS) is 10.2. The predicted octanol–water partition coefficient (Wildman–Crippen LogP) is 2.83. The van der Waals surface area contributed by atoms with Crippen LogP contribution in [0.25, 0.3) is 0 Å². The number of amides is 1. The number of carbonyl (C=O) groups is 2. The molecule has 7 heteroatoms. The molecule has 0 aliphatic heterocycles. The van der Waals surface area contributed by atoms with Crippen molar-refractivity contribution in [2.24, 2.45) is 0 Å². The summed E-state index contributed by atoms with van der Waals surface area (Å²) in [5, 5.41) is 4.99. The number of anilines is 1. The summed E-state index contributed by atoms with van der Waals surface area (Å²) in [5.41, 5.74) is 1.63. The van der Waals surface area contributed by atoms with Gasteiger partial charge in [-0.2, -0.15) is 0 Å². The van der Waals surface area contributed by atoms with Gasteiger partial charge >= 0.3 is 5.97 Å². The van der Waals surface area contributed by atoms with Crippen LogP contribution in [-0.4, -0.2) is 30.6 Å². The summed E-state index contributed by atoms with van der Waals surface area (Å²) < 4.78 is 10.0. The molecule has 0 unspecified atom stereocenters. The number of rotatable bonds is 8. The molecule has 1 amide bonds. The quantitative estimate of drug-likeness (QED) is 0.742. The Morgan fingerprint density at radius 3 is 2.92 bits per heavy atom. The van der Waals surface area contributed by atoms with Crippen molar-refractivity contribution in [2.75, 3.05) is 19.0 Å². The Morgan fingerprint density at radius 1 is 1.33 bits per heavy atom. The van der Waals surface area contributed by atoms with Crippen molar-refractivity contribution in [3.05, 3.63) is 40.9 Å². The molecule has 1 aromatic carbocycles. The van der Waals surface area contributed by atoms with Gasteiger partial charge in [0.2, 0.25) is 5.91 Å². The molecule has 0 saturated carbocycles. The number of nitrogens with one attached hydrogen (secondary N) is 1. The lowest BCUT2D eigenvalue weighted by atomic mass is 10.1. The second kappa shape index (κ2) is 9.02. The molecule has 6 nitrogen and oxygen atoms in total. The summed E-state index contributed by atoms with van der Waals surface area (Å²) in [6.45, 7) is 2.10. The topological polar surface area (TPSA) is 77.5 Å². The average molecular weight is 348 g/mol. The van der Waals surface area contributed by atoms with E-state index in [4.69, 9.17) is 9.47 Å². The SMILES string of the molecule is CCOC(=O)Cc1csc(NC(=O)CCc2cccc(OC)c2)n1. The average Bonchev–Trinajstić information content (AvgIpc) is 3.00. The van der Waals surface area contributed by atoms with Gasteiger partial charge in [0.05, 0.1) is 25.8 Å². The number of aryl methyl sites for hydroxylation is 1. The molecule has 1 N–H and O–H groups in total. The van der Waals surface area contributed by atoms with Crippen LogP contribution < -0.4 is 10.1 Å². The number of benzene rings is 1. The van der Waals surface area contributed by atoms with E-state index in [9.17, 15) is 9.59 Å². The third-order valence-corrected chi connectivity index (χ3v) is 4.01. The van der Waals surface area contributed by atoms with Crippen LogP contribution in [0, 0.1) is 0 Å². The maximum atomic E-state index is 12.0. The van der Waals surface area contributed by atoms with Gasteiger partial charge in [0.25, 0.3) is 0 Å². The zero-order valence-corrected chi connectivity index (χ0v) is 14.5. The van der Waals surface area contributed by atoms with Gasteiger partial charge in [0, 0.05) is 11.8 Å². The van der Waals surface area contributed by atoms with Crippen LogP contribution in [0.15, 0.2) is 29.6 Å². The molecule has 0 atom stereocenters. The molecular weight excluding hydrogens is 328 g/mol. The fourth-order valence-electron chi connectivity index (χ4n) is 2.07. The number of esters is 1. The molecule has 0 aliphatic carbocycles. The first kappa shape index (κ1) is 17.9. The van der Waals surface area contributed by atoms with E-state index in [0.717, 1.165) is 11.3 Å². The molecule has 0 spiro atoms. The van der Waals surface area contributed by atoms with Crippen LogP contribution in [0.5, 0.6) is 5.75 Å². The first-order valence-electron chi connectivity index (χ1n) is 7.63. The van der Waals surface area contributed by atoms with Crippen molar-refractivity contribution >= 4 is 28.3 Å². The third-order valence-electron chi connectivity index (χ3n) is 3.20. The van der Waals surface area contributed by atoms with Crippen molar-refractivity contribution < 1.29 is 19.1 Å². The molecule has 2 aromatic rings. The Morgan fingerprint density at radius 2 is 2.17 bits per heavy atom. The Hall–Kier alpha value is -2.41. The number of hydrogen-bond donors (Lipinski definition) is 1. The van der Waals surface area contributed by atoms with Crippen LogP contribution >= 0.6 is 11.3 Å². The summed E-state index contributed by atoms with van der Waals surface area (Å²) in [4.78, 5) is 27.6. The van der Waals surface area contributed by atoms with Crippen molar-refractivity contribution in [1.82, 2.24) is 4.98 Å². The Labute approximate surface area is 144 Å². The van der Waals surface area contributed by atoms with Crippen molar-refractivity contribution in [2.45, 2.75) is 26.2 Å². The van der Waals surface area contributed by atoms with Crippen molar-refractivity contribution in [3.63, 3.8) is 0 Å². The van der Waals surface area contributed by atoms with E-state index in [1.807, 2.05) is 24.3 Å². The van der Waals surface area contributed by atoms with Crippen LogP contribution in [0.1, 0.15) is 24.6 Å². The van der Waals surface area contributed by atoms with E-state index in [1.165, 1.54) is 11.3 Å². The lowest BCUT2D eigenvalue weighted by molar-refractivity contribution is -0.142. The second-order valence-corrected chi connectivity index (χ2v) is 5.88. The fraction of sp³-hybridized carbons (Fsp3) is 0.353. The van der Waals surface area contributed by atoms with E-state index in [1.54, 1.807) is 19.4 Å². The van der Waals surface area contributed by atoms with E-state index >= 15 is 0 Å². The van der Waals surface area contributed by atoms with Gasteiger partial charge in [-0.15, -0.1) is 11.3 Å². The van der Waals surface area contributed by atoms with Gasteiger partial charge in [-0.05, 0) is 31.0 Å². The summed E-state index contributed by atoms with van der Waals surface area (Å²) in [6.07, 6.45) is 1.08. The van der Waals surface area contributed by atoms with Gasteiger partial charge in [-0.1, -0.05) is 12.1 Å². The van der Waals surface area contributed by atoms with E-state index in [0.29, 0.717) is 30.3 Å². The minimum absolute atomic E-state index is 0.115. The van der Waals surface area contributed by atoms with E-state index in [2.05, 4.69) is 10.3 Å². The maximum absolute atomic E-state index is 12.0. The number of carbonyl (C=O) groups excluding carboxylic acids is 2. The minimum Gasteiger partial charge on any atom is -0.497 e. The lowest BCUT2D eigenvalue weighted by Crippen LogP contribution is -2.12. The first-order chi connectivity index (χ1) is 11.6. The largest absolute Gasteiger partial charge is 0.497 e. The van der Waals surface area contributed by atoms with Gasteiger partial charge < -0.3 is 14.8 Å². The molecule has 1 aromatic heterocycles. The number of thiazole rings is 1. The number of ether oxygens (including phenoxy) is 2. The molecule has 24 heavy (non-hydrogen) atoms. The third kappa shape index (κ3) is 5.66.